The fourth-order valence-corrected chi connectivity index (χ4v) is 4.40. The van der Waals surface area contributed by atoms with Crippen LogP contribution in [0.15, 0.2) is 48.5 Å². The van der Waals surface area contributed by atoms with E-state index in [2.05, 4.69) is 74.2 Å². The Balaban J connectivity index is 1.41. The Bertz CT molecular complexity index is 746. The first-order valence-corrected chi connectivity index (χ1v) is 11.4. The van der Waals surface area contributed by atoms with Gasteiger partial charge in [-0.25, -0.2) is 0 Å². The lowest BCUT2D eigenvalue weighted by Gasteiger charge is -2.28. The van der Waals surface area contributed by atoms with Crippen LogP contribution in [0.3, 0.4) is 0 Å². The molecule has 0 amide bonds. The quantitative estimate of drug-likeness (QED) is 0.345. The summed E-state index contributed by atoms with van der Waals surface area (Å²) in [5, 5.41) is 0. The van der Waals surface area contributed by atoms with E-state index in [9.17, 15) is 0 Å². The molecule has 0 bridgehead atoms. The molecule has 1 saturated carbocycles. The van der Waals surface area contributed by atoms with Crippen molar-refractivity contribution in [1.29, 1.82) is 0 Å². The van der Waals surface area contributed by atoms with E-state index in [4.69, 9.17) is 0 Å². The van der Waals surface area contributed by atoms with E-state index in [-0.39, 0.29) is 0 Å². The average Bonchev–Trinajstić information content (AvgIpc) is 2.74. The highest BCUT2D eigenvalue weighted by Crippen LogP contribution is 2.34. The van der Waals surface area contributed by atoms with E-state index in [1.807, 2.05) is 0 Å². The van der Waals surface area contributed by atoms with Crippen molar-refractivity contribution in [1.82, 2.24) is 0 Å². The fourth-order valence-electron chi connectivity index (χ4n) is 4.40. The van der Waals surface area contributed by atoms with Gasteiger partial charge in [-0.2, -0.15) is 0 Å². The Kier molecular flexibility index (Phi) is 8.23. The van der Waals surface area contributed by atoms with Crippen molar-refractivity contribution in [2.75, 3.05) is 0 Å². The number of aryl methyl sites for hydroxylation is 2. The zero-order chi connectivity index (χ0) is 19.6. The molecule has 0 unspecified atom stereocenters. The number of hydrogen-bond donors (Lipinski definition) is 0. The third-order valence-electron chi connectivity index (χ3n) is 6.38. The highest BCUT2D eigenvalue weighted by molar-refractivity contribution is 5.43. The highest BCUT2D eigenvalue weighted by Gasteiger charge is 2.20. The molecule has 0 nitrogen and oxygen atoms in total. The van der Waals surface area contributed by atoms with Gasteiger partial charge in [0.1, 0.15) is 0 Å². The summed E-state index contributed by atoms with van der Waals surface area (Å²) in [6.45, 7) is 4.41. The van der Waals surface area contributed by atoms with Gasteiger partial charge in [-0.3, -0.25) is 0 Å². The highest BCUT2D eigenvalue weighted by atomic mass is 14.3. The van der Waals surface area contributed by atoms with Crippen LogP contribution in [-0.4, -0.2) is 0 Å². The molecule has 0 heterocycles. The van der Waals surface area contributed by atoms with Gasteiger partial charge in [-0.05, 0) is 61.4 Å². The van der Waals surface area contributed by atoms with E-state index >= 15 is 0 Å². The zero-order valence-corrected chi connectivity index (χ0v) is 17.8. The summed E-state index contributed by atoms with van der Waals surface area (Å²) in [5.41, 5.74) is 4.93. The predicted octanol–water partition coefficient (Wildman–Crippen LogP) is 7.71. The van der Waals surface area contributed by atoms with Gasteiger partial charge in [0.25, 0.3) is 0 Å². The van der Waals surface area contributed by atoms with E-state index < -0.39 is 0 Å². The average molecular weight is 373 g/mol. The molecule has 0 saturated heterocycles. The first-order chi connectivity index (χ1) is 13.7. The van der Waals surface area contributed by atoms with E-state index in [1.54, 1.807) is 0 Å². The number of benzene rings is 2. The molecule has 1 aliphatic rings. The molecule has 0 aliphatic heterocycles. The van der Waals surface area contributed by atoms with Gasteiger partial charge in [0.05, 0.1) is 0 Å². The third kappa shape index (κ3) is 6.87. The minimum absolute atomic E-state index is 0.948. The van der Waals surface area contributed by atoms with Crippen LogP contribution in [0.2, 0.25) is 0 Å². The van der Waals surface area contributed by atoms with E-state index in [0.29, 0.717) is 0 Å². The van der Waals surface area contributed by atoms with Gasteiger partial charge in [0.2, 0.25) is 0 Å². The lowest BCUT2D eigenvalue weighted by Crippen LogP contribution is -2.15. The van der Waals surface area contributed by atoms with Crippen LogP contribution >= 0.6 is 0 Å². The molecule has 148 valence electrons. The molecule has 0 heteroatoms. The minimum Gasteiger partial charge on any atom is -0.0654 e. The van der Waals surface area contributed by atoms with Crippen LogP contribution < -0.4 is 0 Å². The molecule has 1 fully saturated rings. The topological polar surface area (TPSA) is 0 Å². The van der Waals surface area contributed by atoms with Gasteiger partial charge >= 0.3 is 0 Å². The minimum atomic E-state index is 0.948. The number of hydrogen-bond acceptors (Lipinski definition) is 0. The van der Waals surface area contributed by atoms with Crippen molar-refractivity contribution in [2.24, 2.45) is 11.8 Å². The maximum absolute atomic E-state index is 3.29. The SMILES string of the molecule is CCCCC[C@H]1CC[C@H](CCc2ccc(C#Cc3ccc(C)cc3)cc2)CC1. The summed E-state index contributed by atoms with van der Waals surface area (Å²) in [6, 6.07) is 17.3. The van der Waals surface area contributed by atoms with Crippen LogP contribution in [-0.2, 0) is 6.42 Å². The van der Waals surface area contributed by atoms with Crippen LogP contribution in [0.5, 0.6) is 0 Å². The standard InChI is InChI=1S/C28H36/c1-3-4-5-6-24-11-13-26(14-12-24)17-18-28-21-19-27(20-22-28)16-15-25-9-7-23(2)8-10-25/h7-10,19-22,24,26H,3-6,11-14,17-18H2,1-2H3/t24-,26-. The summed E-state index contributed by atoms with van der Waals surface area (Å²) in [5.74, 6) is 8.52. The van der Waals surface area contributed by atoms with Crippen molar-refractivity contribution in [2.45, 2.75) is 78.1 Å². The summed E-state index contributed by atoms with van der Waals surface area (Å²) >= 11 is 0. The van der Waals surface area contributed by atoms with Crippen molar-refractivity contribution in [3.05, 3.63) is 70.8 Å². The van der Waals surface area contributed by atoms with E-state index in [1.165, 1.54) is 75.3 Å². The molecule has 0 aromatic heterocycles. The summed E-state index contributed by atoms with van der Waals surface area (Å²) in [7, 11) is 0. The summed E-state index contributed by atoms with van der Waals surface area (Å²) in [6.07, 6.45) is 14.1. The smallest absolute Gasteiger partial charge is 0.0249 e. The number of rotatable bonds is 7. The molecule has 2 aromatic rings. The van der Waals surface area contributed by atoms with Crippen molar-refractivity contribution in [3.63, 3.8) is 0 Å². The Morgan fingerprint density at radius 3 is 1.82 bits per heavy atom. The van der Waals surface area contributed by atoms with Gasteiger partial charge in [-0.15, -0.1) is 0 Å². The second kappa shape index (κ2) is 11.1. The van der Waals surface area contributed by atoms with Gasteiger partial charge in [0, 0.05) is 11.1 Å². The normalized spacial score (nSPS) is 19.1. The lowest BCUT2D eigenvalue weighted by atomic mass is 9.78. The summed E-state index contributed by atoms with van der Waals surface area (Å²) in [4.78, 5) is 0. The van der Waals surface area contributed by atoms with Gasteiger partial charge < -0.3 is 0 Å². The molecule has 0 spiro atoms. The largest absolute Gasteiger partial charge is 0.0654 e. The van der Waals surface area contributed by atoms with Gasteiger partial charge in [-0.1, -0.05) is 100.0 Å². The molecular weight excluding hydrogens is 336 g/mol. The van der Waals surface area contributed by atoms with Gasteiger partial charge in [0.15, 0.2) is 0 Å². The summed E-state index contributed by atoms with van der Waals surface area (Å²) < 4.78 is 0. The Labute approximate surface area is 172 Å². The van der Waals surface area contributed by atoms with Crippen molar-refractivity contribution < 1.29 is 0 Å². The maximum Gasteiger partial charge on any atom is 0.0249 e. The number of unbranched alkanes of at least 4 members (excludes halogenated alkanes) is 2. The first kappa shape index (κ1) is 20.7. The Morgan fingerprint density at radius 1 is 0.714 bits per heavy atom. The van der Waals surface area contributed by atoms with Crippen molar-refractivity contribution >= 4 is 0 Å². The molecule has 1 aliphatic carbocycles. The molecule has 0 N–H and O–H groups in total. The zero-order valence-electron chi connectivity index (χ0n) is 17.8. The first-order valence-electron chi connectivity index (χ1n) is 11.4. The molecule has 0 radical (unpaired) electrons. The molecule has 2 aromatic carbocycles. The third-order valence-corrected chi connectivity index (χ3v) is 6.38. The Morgan fingerprint density at radius 2 is 1.25 bits per heavy atom. The molecular formula is C28H36. The monoisotopic (exact) mass is 372 g/mol. The maximum atomic E-state index is 3.29. The van der Waals surface area contributed by atoms with Crippen LogP contribution in [0, 0.1) is 30.6 Å². The second-order valence-corrected chi connectivity index (χ2v) is 8.73. The predicted molar refractivity (Wildman–Crippen MR) is 122 cm³/mol. The van der Waals surface area contributed by atoms with Crippen molar-refractivity contribution in [3.8, 4) is 11.8 Å². The molecule has 28 heavy (non-hydrogen) atoms. The molecule has 3 rings (SSSR count). The van der Waals surface area contributed by atoms with E-state index in [0.717, 1.165) is 23.0 Å². The fraction of sp³-hybridized carbons (Fsp3) is 0.500. The lowest BCUT2D eigenvalue weighted by molar-refractivity contribution is 0.249. The Hall–Kier alpha value is -2.00. The molecule has 0 atom stereocenters. The second-order valence-electron chi connectivity index (χ2n) is 8.73. The van der Waals surface area contributed by atoms with Crippen LogP contribution in [0.4, 0.5) is 0 Å². The van der Waals surface area contributed by atoms with Crippen LogP contribution in [0.25, 0.3) is 0 Å². The van der Waals surface area contributed by atoms with Crippen LogP contribution in [0.1, 0.15) is 87.0 Å².